The highest BCUT2D eigenvalue weighted by atomic mass is 79.9. The standard InChI is InChI=1S/C9H7BrClFO/c10-6-2-1-5(7(11)8(6)12)9(13)3-4-9/h1-2,13H,3-4H2. The van der Waals surface area contributed by atoms with E-state index in [2.05, 4.69) is 15.9 Å². The van der Waals surface area contributed by atoms with Crippen LogP contribution in [0.3, 0.4) is 0 Å². The molecule has 4 heteroatoms. The van der Waals surface area contributed by atoms with E-state index in [1.807, 2.05) is 0 Å². The number of benzene rings is 1. The summed E-state index contributed by atoms with van der Waals surface area (Å²) >= 11 is 8.78. The van der Waals surface area contributed by atoms with Crippen molar-refractivity contribution in [2.45, 2.75) is 18.4 Å². The van der Waals surface area contributed by atoms with Gasteiger partial charge in [0.1, 0.15) is 0 Å². The zero-order valence-corrected chi connectivity index (χ0v) is 8.99. The number of halogens is 3. The highest BCUT2D eigenvalue weighted by molar-refractivity contribution is 9.10. The fourth-order valence-electron chi connectivity index (χ4n) is 1.27. The van der Waals surface area contributed by atoms with Crippen molar-refractivity contribution in [1.29, 1.82) is 0 Å². The molecule has 1 nitrogen and oxygen atoms in total. The van der Waals surface area contributed by atoms with Gasteiger partial charge >= 0.3 is 0 Å². The van der Waals surface area contributed by atoms with Crippen molar-refractivity contribution in [3.8, 4) is 0 Å². The van der Waals surface area contributed by atoms with Gasteiger partial charge in [0.25, 0.3) is 0 Å². The van der Waals surface area contributed by atoms with Gasteiger partial charge in [-0.2, -0.15) is 0 Å². The first-order valence-corrected chi connectivity index (χ1v) is 5.08. The first-order chi connectivity index (χ1) is 6.04. The van der Waals surface area contributed by atoms with Crippen LogP contribution in [0.4, 0.5) is 4.39 Å². The van der Waals surface area contributed by atoms with Crippen molar-refractivity contribution in [1.82, 2.24) is 0 Å². The Balaban J connectivity index is 2.54. The van der Waals surface area contributed by atoms with Gasteiger partial charge in [0.05, 0.1) is 15.1 Å². The third-order valence-electron chi connectivity index (χ3n) is 2.26. The molecule has 0 bridgehead atoms. The molecule has 0 amide bonds. The predicted molar refractivity (Wildman–Crippen MR) is 52.2 cm³/mol. The molecule has 1 aromatic carbocycles. The van der Waals surface area contributed by atoms with Crippen LogP contribution in [-0.2, 0) is 5.60 Å². The molecular weight excluding hydrogens is 258 g/mol. The van der Waals surface area contributed by atoms with Gasteiger partial charge in [-0.15, -0.1) is 0 Å². The largest absolute Gasteiger partial charge is 0.385 e. The molecule has 0 aliphatic heterocycles. The molecule has 0 aromatic heterocycles. The van der Waals surface area contributed by atoms with Crippen LogP contribution in [0.1, 0.15) is 18.4 Å². The summed E-state index contributed by atoms with van der Waals surface area (Å²) in [6.07, 6.45) is 1.32. The molecule has 1 saturated carbocycles. The monoisotopic (exact) mass is 264 g/mol. The van der Waals surface area contributed by atoms with Crippen LogP contribution in [0.15, 0.2) is 16.6 Å². The summed E-state index contributed by atoms with van der Waals surface area (Å²) in [5.41, 5.74) is -0.381. The van der Waals surface area contributed by atoms with E-state index in [0.717, 1.165) is 0 Å². The summed E-state index contributed by atoms with van der Waals surface area (Å²) in [5, 5.41) is 9.75. The molecule has 1 N–H and O–H groups in total. The molecule has 0 spiro atoms. The van der Waals surface area contributed by atoms with Gasteiger partial charge in [-0.1, -0.05) is 17.7 Å². The third-order valence-corrected chi connectivity index (χ3v) is 3.24. The molecule has 2 rings (SSSR count). The van der Waals surface area contributed by atoms with E-state index in [1.165, 1.54) is 0 Å². The highest BCUT2D eigenvalue weighted by Gasteiger charge is 2.44. The second-order valence-electron chi connectivity index (χ2n) is 3.25. The minimum Gasteiger partial charge on any atom is -0.385 e. The van der Waals surface area contributed by atoms with Crippen molar-refractivity contribution in [2.24, 2.45) is 0 Å². The molecule has 1 aromatic rings. The molecular formula is C9H7BrClFO. The zero-order valence-electron chi connectivity index (χ0n) is 6.65. The van der Waals surface area contributed by atoms with E-state index in [9.17, 15) is 9.50 Å². The van der Waals surface area contributed by atoms with E-state index < -0.39 is 11.4 Å². The fraction of sp³-hybridized carbons (Fsp3) is 0.333. The minimum atomic E-state index is -0.876. The van der Waals surface area contributed by atoms with Crippen LogP contribution in [-0.4, -0.2) is 5.11 Å². The predicted octanol–water partition coefficient (Wildman–Crippen LogP) is 3.22. The summed E-state index contributed by atoms with van der Waals surface area (Å²) in [6, 6.07) is 3.22. The minimum absolute atomic E-state index is 0.0226. The summed E-state index contributed by atoms with van der Waals surface area (Å²) in [7, 11) is 0. The second-order valence-corrected chi connectivity index (χ2v) is 4.49. The maximum atomic E-state index is 13.3. The zero-order chi connectivity index (χ0) is 9.64. The third kappa shape index (κ3) is 1.49. The highest BCUT2D eigenvalue weighted by Crippen LogP contribution is 2.48. The Kier molecular flexibility index (Phi) is 2.13. The van der Waals surface area contributed by atoms with Crippen molar-refractivity contribution < 1.29 is 9.50 Å². The molecule has 0 heterocycles. The molecule has 0 saturated heterocycles. The lowest BCUT2D eigenvalue weighted by Gasteiger charge is -2.11. The second kappa shape index (κ2) is 2.94. The van der Waals surface area contributed by atoms with Gasteiger partial charge in [-0.3, -0.25) is 0 Å². The molecule has 0 unspecified atom stereocenters. The van der Waals surface area contributed by atoms with Gasteiger partial charge < -0.3 is 5.11 Å². The van der Waals surface area contributed by atoms with Crippen LogP contribution in [0, 0.1) is 5.82 Å². The molecule has 1 fully saturated rings. The van der Waals surface area contributed by atoms with Gasteiger partial charge in [-0.25, -0.2) is 4.39 Å². The first kappa shape index (κ1) is 9.44. The Morgan fingerprint density at radius 1 is 1.46 bits per heavy atom. The summed E-state index contributed by atoms with van der Waals surface area (Å²) < 4.78 is 13.6. The number of aliphatic hydroxyl groups is 1. The van der Waals surface area contributed by atoms with E-state index in [4.69, 9.17) is 11.6 Å². The van der Waals surface area contributed by atoms with Crippen LogP contribution in [0.2, 0.25) is 5.02 Å². The van der Waals surface area contributed by atoms with Crippen LogP contribution in [0.25, 0.3) is 0 Å². The maximum absolute atomic E-state index is 13.3. The smallest absolute Gasteiger partial charge is 0.156 e. The van der Waals surface area contributed by atoms with E-state index in [-0.39, 0.29) is 5.02 Å². The summed E-state index contributed by atoms with van der Waals surface area (Å²) in [6.45, 7) is 0. The summed E-state index contributed by atoms with van der Waals surface area (Å²) in [5.74, 6) is -0.500. The van der Waals surface area contributed by atoms with Crippen molar-refractivity contribution in [2.75, 3.05) is 0 Å². The van der Waals surface area contributed by atoms with Gasteiger partial charge in [0.15, 0.2) is 5.82 Å². The molecule has 13 heavy (non-hydrogen) atoms. The SMILES string of the molecule is OC1(c2ccc(Br)c(F)c2Cl)CC1. The van der Waals surface area contributed by atoms with Gasteiger partial charge in [0, 0.05) is 5.56 Å². The number of rotatable bonds is 1. The molecule has 0 atom stereocenters. The lowest BCUT2D eigenvalue weighted by molar-refractivity contribution is 0.151. The van der Waals surface area contributed by atoms with Crippen molar-refractivity contribution in [3.05, 3.63) is 33.0 Å². The molecule has 1 aliphatic rings. The van der Waals surface area contributed by atoms with Gasteiger partial charge in [0.2, 0.25) is 0 Å². The quantitative estimate of drug-likeness (QED) is 0.773. The topological polar surface area (TPSA) is 20.2 Å². The van der Waals surface area contributed by atoms with Crippen molar-refractivity contribution in [3.63, 3.8) is 0 Å². The lowest BCUT2D eigenvalue weighted by Crippen LogP contribution is -2.06. The normalized spacial score (nSPS) is 18.8. The number of hydrogen-bond acceptors (Lipinski definition) is 1. The molecule has 0 radical (unpaired) electrons. The average molecular weight is 266 g/mol. The molecule has 1 aliphatic carbocycles. The Hall–Kier alpha value is -0.120. The Morgan fingerprint density at radius 2 is 2.08 bits per heavy atom. The van der Waals surface area contributed by atoms with Gasteiger partial charge in [-0.05, 0) is 34.8 Å². The average Bonchev–Trinajstić information content (AvgIpc) is 2.80. The Morgan fingerprint density at radius 3 is 2.62 bits per heavy atom. The van der Waals surface area contributed by atoms with E-state index in [1.54, 1.807) is 12.1 Å². The first-order valence-electron chi connectivity index (χ1n) is 3.91. The Bertz CT molecular complexity index is 363. The van der Waals surface area contributed by atoms with Crippen LogP contribution < -0.4 is 0 Å². The Labute approximate surface area is 88.7 Å². The fourth-order valence-corrected chi connectivity index (χ4v) is 2.06. The summed E-state index contributed by atoms with van der Waals surface area (Å²) in [4.78, 5) is 0. The van der Waals surface area contributed by atoms with Crippen LogP contribution in [0.5, 0.6) is 0 Å². The lowest BCUT2D eigenvalue weighted by atomic mass is 10.1. The van der Waals surface area contributed by atoms with E-state index in [0.29, 0.717) is 22.9 Å². The number of hydrogen-bond donors (Lipinski definition) is 1. The molecule has 70 valence electrons. The van der Waals surface area contributed by atoms with E-state index >= 15 is 0 Å². The maximum Gasteiger partial charge on any atom is 0.156 e. The van der Waals surface area contributed by atoms with Crippen LogP contribution >= 0.6 is 27.5 Å². The van der Waals surface area contributed by atoms with Crippen molar-refractivity contribution >= 4 is 27.5 Å².